The average Bonchev–Trinajstić information content (AvgIpc) is 2.92. The Labute approximate surface area is 242 Å². The standard InChI is InChI=1S/C34H66O5/c1-5-7-9-11-13-15-17-19-21-23-25-27-33(35)38-29-31(3)37-30-32(4)39-34(36)28-26-24-22-20-18-16-14-12-10-8-6-2/h31-32H,5-30H2,1-4H3. The van der Waals surface area contributed by atoms with Crippen LogP contribution in [0.2, 0.25) is 0 Å². The molecule has 0 aromatic heterocycles. The first-order valence-corrected chi connectivity index (χ1v) is 17.0. The number of carbonyl (C=O) groups is 2. The van der Waals surface area contributed by atoms with Crippen LogP contribution in [0.1, 0.15) is 182 Å². The van der Waals surface area contributed by atoms with Gasteiger partial charge in [-0.1, -0.05) is 142 Å². The fourth-order valence-electron chi connectivity index (χ4n) is 4.81. The van der Waals surface area contributed by atoms with Gasteiger partial charge in [0.15, 0.2) is 0 Å². The Balaban J connectivity index is 3.53. The number of esters is 2. The van der Waals surface area contributed by atoms with Crippen LogP contribution < -0.4 is 0 Å². The SMILES string of the molecule is CCCCCCCCCCCCCC(=O)OCC(C)OCC(C)OC(=O)CCCCCCCCCCCCC. The molecule has 232 valence electrons. The fraction of sp³-hybridized carbons (Fsp3) is 0.941. The van der Waals surface area contributed by atoms with E-state index in [2.05, 4.69) is 13.8 Å². The summed E-state index contributed by atoms with van der Waals surface area (Å²) in [6.07, 6.45) is 28.4. The normalized spacial score (nSPS) is 12.8. The van der Waals surface area contributed by atoms with Gasteiger partial charge in [0.05, 0.1) is 12.7 Å². The second-order valence-electron chi connectivity index (χ2n) is 11.7. The van der Waals surface area contributed by atoms with Crippen molar-refractivity contribution in [3.05, 3.63) is 0 Å². The van der Waals surface area contributed by atoms with Gasteiger partial charge in [0, 0.05) is 12.8 Å². The second kappa shape index (κ2) is 29.9. The Kier molecular flexibility index (Phi) is 29.0. The third kappa shape index (κ3) is 29.7. The molecule has 0 saturated heterocycles. The Hall–Kier alpha value is -1.10. The largest absolute Gasteiger partial charge is 0.463 e. The lowest BCUT2D eigenvalue weighted by molar-refractivity contribution is -0.154. The van der Waals surface area contributed by atoms with Crippen LogP contribution in [-0.4, -0.2) is 37.4 Å². The number of unbranched alkanes of at least 4 members (excludes halogenated alkanes) is 20. The molecule has 0 fully saturated rings. The van der Waals surface area contributed by atoms with Gasteiger partial charge < -0.3 is 14.2 Å². The van der Waals surface area contributed by atoms with Gasteiger partial charge in [-0.2, -0.15) is 0 Å². The molecule has 0 aromatic carbocycles. The molecule has 5 heteroatoms. The van der Waals surface area contributed by atoms with Gasteiger partial charge >= 0.3 is 11.9 Å². The van der Waals surface area contributed by atoms with Crippen molar-refractivity contribution in [2.75, 3.05) is 13.2 Å². The maximum atomic E-state index is 12.1. The van der Waals surface area contributed by atoms with Crippen LogP contribution in [0.25, 0.3) is 0 Å². The first-order valence-electron chi connectivity index (χ1n) is 17.0. The predicted molar refractivity (Wildman–Crippen MR) is 164 cm³/mol. The van der Waals surface area contributed by atoms with Gasteiger partial charge in [-0.25, -0.2) is 0 Å². The number of ether oxygens (including phenoxy) is 3. The van der Waals surface area contributed by atoms with E-state index in [-0.39, 0.29) is 30.8 Å². The van der Waals surface area contributed by atoms with Gasteiger partial charge in [-0.3, -0.25) is 9.59 Å². The molecule has 0 spiro atoms. The minimum Gasteiger partial charge on any atom is -0.463 e. The summed E-state index contributed by atoms with van der Waals surface area (Å²) in [5.74, 6) is -0.291. The van der Waals surface area contributed by atoms with Crippen molar-refractivity contribution in [2.45, 2.75) is 194 Å². The van der Waals surface area contributed by atoms with Gasteiger partial charge in [0.25, 0.3) is 0 Å². The fourth-order valence-corrected chi connectivity index (χ4v) is 4.81. The third-order valence-electron chi connectivity index (χ3n) is 7.40. The summed E-state index contributed by atoms with van der Waals surface area (Å²) in [4.78, 5) is 24.1. The van der Waals surface area contributed by atoms with E-state index in [1.165, 1.54) is 116 Å². The lowest BCUT2D eigenvalue weighted by Crippen LogP contribution is -2.26. The van der Waals surface area contributed by atoms with Gasteiger partial charge in [-0.05, 0) is 26.7 Å². The third-order valence-corrected chi connectivity index (χ3v) is 7.40. The maximum Gasteiger partial charge on any atom is 0.306 e. The summed E-state index contributed by atoms with van der Waals surface area (Å²) in [6, 6.07) is 0. The summed E-state index contributed by atoms with van der Waals surface area (Å²) < 4.78 is 16.6. The molecular weight excluding hydrogens is 488 g/mol. The zero-order valence-corrected chi connectivity index (χ0v) is 26.6. The van der Waals surface area contributed by atoms with Crippen LogP contribution in [0.3, 0.4) is 0 Å². The van der Waals surface area contributed by atoms with Crippen molar-refractivity contribution in [3.8, 4) is 0 Å². The highest BCUT2D eigenvalue weighted by Gasteiger charge is 2.13. The molecular formula is C34H66O5. The predicted octanol–water partition coefficient (Wildman–Crippen LogP) is 10.3. The average molecular weight is 555 g/mol. The Morgan fingerprint density at radius 1 is 0.462 bits per heavy atom. The van der Waals surface area contributed by atoms with Crippen LogP contribution in [0, 0.1) is 0 Å². The van der Waals surface area contributed by atoms with E-state index in [1.807, 2.05) is 13.8 Å². The van der Waals surface area contributed by atoms with Crippen molar-refractivity contribution < 1.29 is 23.8 Å². The van der Waals surface area contributed by atoms with E-state index in [0.717, 1.165) is 25.7 Å². The van der Waals surface area contributed by atoms with Crippen molar-refractivity contribution in [2.24, 2.45) is 0 Å². The minimum atomic E-state index is -0.292. The molecule has 2 atom stereocenters. The quantitative estimate of drug-likeness (QED) is 0.0653. The number of hydrogen-bond donors (Lipinski definition) is 0. The molecule has 39 heavy (non-hydrogen) atoms. The summed E-state index contributed by atoms with van der Waals surface area (Å²) in [7, 11) is 0. The van der Waals surface area contributed by atoms with Crippen LogP contribution in [0.4, 0.5) is 0 Å². The van der Waals surface area contributed by atoms with Crippen LogP contribution in [-0.2, 0) is 23.8 Å². The van der Waals surface area contributed by atoms with Crippen molar-refractivity contribution >= 4 is 11.9 Å². The second-order valence-corrected chi connectivity index (χ2v) is 11.7. The number of rotatable bonds is 30. The monoisotopic (exact) mass is 554 g/mol. The molecule has 0 aliphatic heterocycles. The van der Waals surface area contributed by atoms with Gasteiger partial charge in [-0.15, -0.1) is 0 Å². The molecule has 0 aromatic rings. The maximum absolute atomic E-state index is 12.1. The van der Waals surface area contributed by atoms with E-state index in [1.54, 1.807) is 0 Å². The summed E-state index contributed by atoms with van der Waals surface area (Å²) in [5.41, 5.74) is 0. The van der Waals surface area contributed by atoms with E-state index >= 15 is 0 Å². The zero-order chi connectivity index (χ0) is 28.8. The van der Waals surface area contributed by atoms with E-state index < -0.39 is 0 Å². The molecule has 0 N–H and O–H groups in total. The van der Waals surface area contributed by atoms with Crippen LogP contribution >= 0.6 is 0 Å². The molecule has 0 radical (unpaired) electrons. The highest BCUT2D eigenvalue weighted by molar-refractivity contribution is 5.69. The molecule has 0 amide bonds. The van der Waals surface area contributed by atoms with Gasteiger partial charge in [0.2, 0.25) is 0 Å². The highest BCUT2D eigenvalue weighted by Crippen LogP contribution is 2.14. The molecule has 0 aliphatic carbocycles. The summed E-state index contributed by atoms with van der Waals surface area (Å²) >= 11 is 0. The minimum absolute atomic E-state index is 0.145. The Morgan fingerprint density at radius 3 is 1.23 bits per heavy atom. The topological polar surface area (TPSA) is 61.8 Å². The molecule has 5 nitrogen and oxygen atoms in total. The first kappa shape index (κ1) is 37.9. The lowest BCUT2D eigenvalue weighted by Gasteiger charge is -2.18. The first-order chi connectivity index (χ1) is 19.0. The molecule has 0 aliphatic rings. The van der Waals surface area contributed by atoms with E-state index in [0.29, 0.717) is 19.4 Å². The zero-order valence-electron chi connectivity index (χ0n) is 26.6. The molecule has 0 rings (SSSR count). The molecule has 0 bridgehead atoms. The Bertz CT molecular complexity index is 536. The van der Waals surface area contributed by atoms with Crippen molar-refractivity contribution in [1.29, 1.82) is 0 Å². The van der Waals surface area contributed by atoms with E-state index in [9.17, 15) is 9.59 Å². The number of carbonyl (C=O) groups excluding carboxylic acids is 2. The van der Waals surface area contributed by atoms with E-state index in [4.69, 9.17) is 14.2 Å². The van der Waals surface area contributed by atoms with Crippen molar-refractivity contribution in [3.63, 3.8) is 0 Å². The molecule has 0 saturated carbocycles. The van der Waals surface area contributed by atoms with Crippen molar-refractivity contribution in [1.82, 2.24) is 0 Å². The smallest absolute Gasteiger partial charge is 0.306 e. The summed E-state index contributed by atoms with van der Waals surface area (Å²) in [5, 5.41) is 0. The van der Waals surface area contributed by atoms with Crippen LogP contribution in [0.5, 0.6) is 0 Å². The lowest BCUT2D eigenvalue weighted by atomic mass is 10.1. The Morgan fingerprint density at radius 2 is 0.821 bits per heavy atom. The molecule has 0 heterocycles. The van der Waals surface area contributed by atoms with Gasteiger partial charge in [0.1, 0.15) is 12.7 Å². The number of hydrogen-bond acceptors (Lipinski definition) is 5. The molecule has 2 unspecified atom stereocenters. The van der Waals surface area contributed by atoms with Crippen LogP contribution in [0.15, 0.2) is 0 Å². The summed E-state index contributed by atoms with van der Waals surface area (Å²) in [6.45, 7) is 8.82. The highest BCUT2D eigenvalue weighted by atomic mass is 16.6.